The zero-order chi connectivity index (χ0) is 12.7. The lowest BCUT2D eigenvalue weighted by atomic mass is 10.0. The molecular formula is C13H13NO4. The lowest BCUT2D eigenvalue weighted by Crippen LogP contribution is -2.15. The molecule has 2 heterocycles. The van der Waals surface area contributed by atoms with Crippen LogP contribution in [0, 0.1) is 0 Å². The fourth-order valence-corrected chi connectivity index (χ4v) is 2.30. The molecule has 5 heteroatoms. The molecule has 1 aromatic carbocycles. The van der Waals surface area contributed by atoms with Crippen molar-refractivity contribution in [2.45, 2.75) is 6.04 Å². The van der Waals surface area contributed by atoms with Crippen LogP contribution in [0.2, 0.25) is 0 Å². The van der Waals surface area contributed by atoms with Crippen molar-refractivity contribution in [2.24, 2.45) is 5.73 Å². The average Bonchev–Trinajstić information content (AvgIpc) is 3.02. The number of rotatable bonds is 3. The minimum absolute atomic E-state index is 0.164. The molecule has 3 N–H and O–H groups in total. The Balaban J connectivity index is 2.50. The summed E-state index contributed by atoms with van der Waals surface area (Å²) in [6.45, 7) is -0.164. The molecule has 0 bridgehead atoms. The van der Waals surface area contributed by atoms with Crippen molar-refractivity contribution in [3.05, 3.63) is 30.2 Å². The summed E-state index contributed by atoms with van der Waals surface area (Å²) < 4.78 is 16.3. The predicted molar refractivity (Wildman–Crippen MR) is 66.6 cm³/mol. The van der Waals surface area contributed by atoms with Gasteiger partial charge in [0, 0.05) is 10.9 Å². The van der Waals surface area contributed by atoms with Crippen LogP contribution in [-0.2, 0) is 0 Å². The standard InChI is InChI=1S/C13H13NO4/c1-16-12-8-3-5-17-11(8)10(9(14)6-15)7-2-4-18-13(7)12/h2-5,9,15H,6,14H2,1H3. The Morgan fingerprint density at radius 3 is 2.56 bits per heavy atom. The Kier molecular flexibility index (Phi) is 2.50. The van der Waals surface area contributed by atoms with Gasteiger partial charge >= 0.3 is 0 Å². The molecule has 0 amide bonds. The van der Waals surface area contributed by atoms with Crippen LogP contribution in [0.25, 0.3) is 21.9 Å². The maximum Gasteiger partial charge on any atom is 0.176 e. The van der Waals surface area contributed by atoms with E-state index >= 15 is 0 Å². The highest BCUT2D eigenvalue weighted by Gasteiger charge is 2.22. The van der Waals surface area contributed by atoms with Crippen LogP contribution in [-0.4, -0.2) is 18.8 Å². The minimum Gasteiger partial charge on any atom is -0.492 e. The van der Waals surface area contributed by atoms with Gasteiger partial charge in [-0.05, 0) is 12.1 Å². The molecule has 5 nitrogen and oxygen atoms in total. The second kappa shape index (κ2) is 4.04. The van der Waals surface area contributed by atoms with Gasteiger partial charge in [0.15, 0.2) is 11.3 Å². The number of benzene rings is 1. The summed E-state index contributed by atoms with van der Waals surface area (Å²) in [7, 11) is 1.58. The van der Waals surface area contributed by atoms with Gasteiger partial charge in [-0.1, -0.05) is 0 Å². The molecule has 18 heavy (non-hydrogen) atoms. The molecule has 0 fully saturated rings. The molecule has 0 aliphatic carbocycles. The third-order valence-electron chi connectivity index (χ3n) is 3.09. The van der Waals surface area contributed by atoms with Gasteiger partial charge in [0.25, 0.3) is 0 Å². The van der Waals surface area contributed by atoms with Crippen molar-refractivity contribution in [3.63, 3.8) is 0 Å². The molecule has 0 spiro atoms. The van der Waals surface area contributed by atoms with Crippen molar-refractivity contribution in [1.29, 1.82) is 0 Å². The predicted octanol–water partition coefficient (Wildman–Crippen LogP) is 2.18. The first-order valence-electron chi connectivity index (χ1n) is 5.58. The van der Waals surface area contributed by atoms with Crippen molar-refractivity contribution in [2.75, 3.05) is 13.7 Å². The first-order valence-corrected chi connectivity index (χ1v) is 5.58. The molecular weight excluding hydrogens is 234 g/mol. The van der Waals surface area contributed by atoms with E-state index in [1.165, 1.54) is 0 Å². The van der Waals surface area contributed by atoms with E-state index in [-0.39, 0.29) is 6.61 Å². The summed E-state index contributed by atoms with van der Waals surface area (Å²) in [4.78, 5) is 0. The molecule has 1 unspecified atom stereocenters. The number of furan rings is 2. The van der Waals surface area contributed by atoms with E-state index in [9.17, 15) is 5.11 Å². The molecule has 0 saturated heterocycles. The lowest BCUT2D eigenvalue weighted by Gasteiger charge is -2.12. The van der Waals surface area contributed by atoms with Gasteiger partial charge in [-0.25, -0.2) is 0 Å². The van der Waals surface area contributed by atoms with E-state index in [0.29, 0.717) is 16.9 Å². The number of ether oxygens (including phenoxy) is 1. The molecule has 1 atom stereocenters. The maximum absolute atomic E-state index is 9.28. The fraction of sp³-hybridized carbons (Fsp3) is 0.231. The molecule has 94 valence electrons. The summed E-state index contributed by atoms with van der Waals surface area (Å²) in [6, 6.07) is 3.07. The van der Waals surface area contributed by atoms with Gasteiger partial charge in [-0.2, -0.15) is 0 Å². The number of hydrogen-bond acceptors (Lipinski definition) is 5. The zero-order valence-electron chi connectivity index (χ0n) is 9.84. The van der Waals surface area contributed by atoms with Crippen molar-refractivity contribution >= 4 is 21.9 Å². The van der Waals surface area contributed by atoms with Gasteiger partial charge in [0.1, 0.15) is 5.58 Å². The van der Waals surface area contributed by atoms with Crippen molar-refractivity contribution in [1.82, 2.24) is 0 Å². The van der Waals surface area contributed by atoms with Crippen molar-refractivity contribution < 1.29 is 18.7 Å². The highest BCUT2D eigenvalue weighted by molar-refractivity contribution is 6.04. The van der Waals surface area contributed by atoms with Crippen LogP contribution < -0.4 is 10.5 Å². The van der Waals surface area contributed by atoms with E-state index in [0.717, 1.165) is 16.3 Å². The molecule has 3 aromatic rings. The number of aliphatic hydroxyl groups excluding tert-OH is 1. The molecule has 0 saturated carbocycles. The second-order valence-corrected chi connectivity index (χ2v) is 4.06. The van der Waals surface area contributed by atoms with Gasteiger partial charge in [-0.15, -0.1) is 0 Å². The normalized spacial score (nSPS) is 13.3. The first kappa shape index (κ1) is 11.1. The third kappa shape index (κ3) is 1.35. The Morgan fingerprint density at radius 1 is 1.22 bits per heavy atom. The smallest absolute Gasteiger partial charge is 0.176 e. The van der Waals surface area contributed by atoms with Gasteiger partial charge in [0.2, 0.25) is 0 Å². The summed E-state index contributed by atoms with van der Waals surface area (Å²) in [6.07, 6.45) is 3.14. The Hall–Kier alpha value is -1.98. The monoisotopic (exact) mass is 247 g/mol. The van der Waals surface area contributed by atoms with E-state index in [1.807, 2.05) is 0 Å². The van der Waals surface area contributed by atoms with Crippen LogP contribution in [0.4, 0.5) is 0 Å². The summed E-state index contributed by atoms with van der Waals surface area (Å²) in [5.41, 5.74) is 7.93. The number of aliphatic hydroxyl groups is 1. The molecule has 2 aromatic heterocycles. The minimum atomic E-state index is -0.523. The Bertz CT molecular complexity index is 646. The van der Waals surface area contributed by atoms with Gasteiger partial charge < -0.3 is 24.4 Å². The van der Waals surface area contributed by atoms with Crippen LogP contribution in [0.15, 0.2) is 33.5 Å². The largest absolute Gasteiger partial charge is 0.492 e. The van der Waals surface area contributed by atoms with E-state index in [4.69, 9.17) is 19.3 Å². The third-order valence-corrected chi connectivity index (χ3v) is 3.09. The summed E-state index contributed by atoms with van der Waals surface area (Å²) in [5.74, 6) is 0.618. The van der Waals surface area contributed by atoms with E-state index in [1.54, 1.807) is 31.8 Å². The molecule has 3 rings (SSSR count). The highest BCUT2D eigenvalue weighted by atomic mass is 16.5. The van der Waals surface area contributed by atoms with Gasteiger partial charge in [-0.3, -0.25) is 0 Å². The van der Waals surface area contributed by atoms with Crippen molar-refractivity contribution in [3.8, 4) is 5.75 Å². The van der Waals surface area contributed by atoms with Crippen LogP contribution in [0.3, 0.4) is 0 Å². The second-order valence-electron chi connectivity index (χ2n) is 4.06. The molecule has 0 aliphatic heterocycles. The quantitative estimate of drug-likeness (QED) is 0.741. The summed E-state index contributed by atoms with van der Waals surface area (Å²) in [5, 5.41) is 10.9. The molecule has 0 radical (unpaired) electrons. The molecule has 0 aliphatic rings. The summed E-state index contributed by atoms with van der Waals surface area (Å²) >= 11 is 0. The Morgan fingerprint density at radius 2 is 1.89 bits per heavy atom. The van der Waals surface area contributed by atoms with Gasteiger partial charge in [0.05, 0.1) is 37.7 Å². The maximum atomic E-state index is 9.28. The number of hydrogen-bond donors (Lipinski definition) is 2. The lowest BCUT2D eigenvalue weighted by molar-refractivity contribution is 0.268. The highest BCUT2D eigenvalue weighted by Crippen LogP contribution is 2.41. The van der Waals surface area contributed by atoms with Crippen LogP contribution in [0.1, 0.15) is 11.6 Å². The average molecular weight is 247 g/mol. The van der Waals surface area contributed by atoms with E-state index < -0.39 is 6.04 Å². The zero-order valence-corrected chi connectivity index (χ0v) is 9.84. The first-order chi connectivity index (χ1) is 8.77. The van der Waals surface area contributed by atoms with E-state index in [2.05, 4.69) is 0 Å². The fourth-order valence-electron chi connectivity index (χ4n) is 2.30. The van der Waals surface area contributed by atoms with Crippen LogP contribution in [0.5, 0.6) is 5.75 Å². The Labute approximate surface area is 103 Å². The SMILES string of the molecule is COc1c2ccoc2c(C(N)CO)c2ccoc12. The van der Waals surface area contributed by atoms with Crippen LogP contribution >= 0.6 is 0 Å². The number of nitrogens with two attached hydrogens (primary N) is 1. The topological polar surface area (TPSA) is 81.8 Å². The number of methoxy groups -OCH3 is 1. The number of fused-ring (bicyclic) bond motifs is 2.